The van der Waals surface area contributed by atoms with E-state index in [0.717, 1.165) is 22.0 Å². The predicted molar refractivity (Wildman–Crippen MR) is 159 cm³/mol. The minimum atomic E-state index is -0.814. The van der Waals surface area contributed by atoms with E-state index in [-0.39, 0.29) is 17.7 Å². The highest BCUT2D eigenvalue weighted by molar-refractivity contribution is 7.07. The molecule has 1 atom stereocenters. The molecule has 2 aromatic heterocycles. The van der Waals surface area contributed by atoms with Gasteiger partial charge in [-0.2, -0.15) is 0 Å². The summed E-state index contributed by atoms with van der Waals surface area (Å²) in [5.74, 6) is 0.473. The number of hydrogen-bond acceptors (Lipinski definition) is 7. The van der Waals surface area contributed by atoms with E-state index in [0.29, 0.717) is 32.1 Å². The van der Waals surface area contributed by atoms with Gasteiger partial charge in [0.2, 0.25) is 0 Å². The van der Waals surface area contributed by atoms with Crippen LogP contribution in [0.1, 0.15) is 29.7 Å². The van der Waals surface area contributed by atoms with E-state index >= 15 is 0 Å². The van der Waals surface area contributed by atoms with Crippen molar-refractivity contribution < 1.29 is 19.0 Å². The van der Waals surface area contributed by atoms with Crippen LogP contribution in [-0.2, 0) is 9.53 Å². The van der Waals surface area contributed by atoms with Gasteiger partial charge in [0, 0.05) is 28.2 Å². The maximum Gasteiger partial charge on any atom is 0.338 e. The Morgan fingerprint density at radius 2 is 1.78 bits per heavy atom. The van der Waals surface area contributed by atoms with E-state index < -0.39 is 12.0 Å². The summed E-state index contributed by atoms with van der Waals surface area (Å²) in [4.78, 5) is 36.4. The molecule has 0 saturated heterocycles. The largest absolute Gasteiger partial charge is 0.493 e. The lowest BCUT2D eigenvalue weighted by Crippen LogP contribution is -2.40. The first-order valence-corrected chi connectivity index (χ1v) is 13.9. The summed E-state index contributed by atoms with van der Waals surface area (Å²) in [6, 6.07) is 21.9. The Balaban J connectivity index is 1.66. The number of carbonyl (C=O) groups is 1. The number of H-pyrrole nitrogens is 1. The van der Waals surface area contributed by atoms with E-state index in [1.807, 2.05) is 72.9 Å². The Bertz CT molecular complexity index is 1990. The van der Waals surface area contributed by atoms with Gasteiger partial charge in [0.25, 0.3) is 5.56 Å². The van der Waals surface area contributed by atoms with Crippen molar-refractivity contribution in [1.82, 2.24) is 9.55 Å². The molecule has 5 aromatic rings. The van der Waals surface area contributed by atoms with Crippen molar-refractivity contribution in [3.63, 3.8) is 0 Å². The number of aromatic amines is 1. The van der Waals surface area contributed by atoms with Gasteiger partial charge in [0.05, 0.1) is 42.7 Å². The molecular formula is C32H27N3O5S. The zero-order chi connectivity index (χ0) is 28.5. The van der Waals surface area contributed by atoms with Gasteiger partial charge in [-0.15, -0.1) is 0 Å². The number of thiazole rings is 1. The molecule has 1 N–H and O–H groups in total. The van der Waals surface area contributed by atoms with Gasteiger partial charge < -0.3 is 19.2 Å². The van der Waals surface area contributed by atoms with Crippen molar-refractivity contribution in [3.8, 4) is 11.5 Å². The van der Waals surface area contributed by atoms with Crippen LogP contribution in [0.4, 0.5) is 0 Å². The molecule has 0 fully saturated rings. The summed E-state index contributed by atoms with van der Waals surface area (Å²) >= 11 is 1.28. The molecule has 0 radical (unpaired) electrons. The molecular weight excluding hydrogens is 538 g/mol. The number of esters is 1. The van der Waals surface area contributed by atoms with Gasteiger partial charge in [-0.1, -0.05) is 65.9 Å². The van der Waals surface area contributed by atoms with Gasteiger partial charge in [-0.05, 0) is 36.8 Å². The number of methoxy groups -OCH3 is 2. The van der Waals surface area contributed by atoms with E-state index in [4.69, 9.17) is 19.2 Å². The van der Waals surface area contributed by atoms with Crippen molar-refractivity contribution >= 4 is 40.0 Å². The van der Waals surface area contributed by atoms with E-state index in [2.05, 4.69) is 4.98 Å². The first kappa shape index (κ1) is 26.3. The fraction of sp³-hybridized carbons (Fsp3) is 0.156. The molecule has 0 saturated carbocycles. The second-order valence-electron chi connectivity index (χ2n) is 9.34. The first-order chi connectivity index (χ1) is 20.0. The fourth-order valence-corrected chi connectivity index (χ4v) is 6.13. The number of rotatable bonds is 7. The van der Waals surface area contributed by atoms with Crippen molar-refractivity contribution in [2.75, 3.05) is 20.8 Å². The molecule has 3 heterocycles. The number of para-hydroxylation sites is 1. The van der Waals surface area contributed by atoms with Crippen molar-refractivity contribution in [2.24, 2.45) is 4.99 Å². The Morgan fingerprint density at radius 1 is 1.02 bits per heavy atom. The van der Waals surface area contributed by atoms with Crippen LogP contribution in [0.5, 0.6) is 11.5 Å². The van der Waals surface area contributed by atoms with Crippen LogP contribution in [-0.4, -0.2) is 36.3 Å². The van der Waals surface area contributed by atoms with Crippen LogP contribution in [0, 0.1) is 0 Å². The molecule has 1 aliphatic heterocycles. The Morgan fingerprint density at radius 3 is 2.54 bits per heavy atom. The maximum atomic E-state index is 14.1. The van der Waals surface area contributed by atoms with Gasteiger partial charge in [0.1, 0.15) is 0 Å². The summed E-state index contributed by atoms with van der Waals surface area (Å²) in [7, 11) is 3.11. The topological polar surface area (TPSA) is 94.9 Å². The van der Waals surface area contributed by atoms with Crippen LogP contribution in [0.25, 0.3) is 22.7 Å². The summed E-state index contributed by atoms with van der Waals surface area (Å²) in [5, 5.41) is 1.01. The third-order valence-electron chi connectivity index (χ3n) is 7.00. The number of fused-ring (bicyclic) bond motifs is 2. The lowest BCUT2D eigenvalue weighted by molar-refractivity contribution is -0.138. The minimum Gasteiger partial charge on any atom is -0.493 e. The average Bonchev–Trinajstić information content (AvgIpc) is 3.56. The number of nitrogens with zero attached hydrogens (tertiary/aromatic N) is 2. The lowest BCUT2D eigenvalue weighted by Gasteiger charge is -2.26. The smallest absolute Gasteiger partial charge is 0.338 e. The molecule has 3 aromatic carbocycles. The summed E-state index contributed by atoms with van der Waals surface area (Å²) in [6.07, 6.45) is 3.75. The highest BCUT2D eigenvalue weighted by atomic mass is 32.1. The second-order valence-corrected chi connectivity index (χ2v) is 10.3. The van der Waals surface area contributed by atoms with Gasteiger partial charge >= 0.3 is 5.97 Å². The zero-order valence-corrected chi connectivity index (χ0v) is 23.5. The number of benzene rings is 3. The zero-order valence-electron chi connectivity index (χ0n) is 22.7. The number of ether oxygens (including phenoxy) is 3. The number of nitrogens with one attached hydrogen (secondary N) is 1. The minimum absolute atomic E-state index is 0.175. The van der Waals surface area contributed by atoms with Crippen molar-refractivity contribution in [3.05, 3.63) is 121 Å². The molecule has 0 amide bonds. The van der Waals surface area contributed by atoms with Gasteiger partial charge in [0.15, 0.2) is 16.3 Å². The predicted octanol–water partition coefficient (Wildman–Crippen LogP) is 4.43. The standard InChI is InChI=1S/C32H27N3O5S/c1-4-40-31(37)27-28(19-10-6-5-7-11-19)34-32-35(29(27)20-14-15-24(38-2)25(16-20)39-3)30(36)26(41-32)17-21-18-33-23-13-9-8-12-22(21)23/h5-18,29,33H,4H2,1-3H3/b26-17-/t29-/m1/s1. The highest BCUT2D eigenvalue weighted by Crippen LogP contribution is 2.38. The first-order valence-electron chi connectivity index (χ1n) is 13.1. The molecule has 0 aliphatic carbocycles. The van der Waals surface area contributed by atoms with Gasteiger partial charge in [-0.3, -0.25) is 9.36 Å². The van der Waals surface area contributed by atoms with Crippen molar-refractivity contribution in [1.29, 1.82) is 0 Å². The molecule has 1 aliphatic rings. The second kappa shape index (κ2) is 10.9. The monoisotopic (exact) mass is 565 g/mol. The number of aromatic nitrogens is 2. The van der Waals surface area contributed by atoms with E-state index in [1.165, 1.54) is 11.3 Å². The molecule has 0 bridgehead atoms. The van der Waals surface area contributed by atoms with Crippen LogP contribution < -0.4 is 24.4 Å². The quantitative estimate of drug-likeness (QED) is 0.295. The Labute approximate surface area is 239 Å². The molecule has 8 nitrogen and oxygen atoms in total. The maximum absolute atomic E-state index is 14.1. The van der Waals surface area contributed by atoms with Crippen LogP contribution in [0.15, 0.2) is 94.4 Å². The molecule has 6 rings (SSSR count). The van der Waals surface area contributed by atoms with Crippen LogP contribution in [0.2, 0.25) is 0 Å². The summed E-state index contributed by atoms with van der Waals surface area (Å²) in [5.41, 5.74) is 3.75. The molecule has 41 heavy (non-hydrogen) atoms. The number of carbonyl (C=O) groups excluding carboxylic acids is 1. The molecule has 0 spiro atoms. The Hall–Kier alpha value is -4.89. The van der Waals surface area contributed by atoms with Crippen LogP contribution >= 0.6 is 11.3 Å². The van der Waals surface area contributed by atoms with E-state index in [1.54, 1.807) is 37.8 Å². The third-order valence-corrected chi connectivity index (χ3v) is 7.99. The van der Waals surface area contributed by atoms with Crippen LogP contribution in [0.3, 0.4) is 0 Å². The Kier molecular flexibility index (Phi) is 7.03. The summed E-state index contributed by atoms with van der Waals surface area (Å²) in [6.45, 7) is 1.93. The molecule has 9 heteroatoms. The molecule has 206 valence electrons. The highest BCUT2D eigenvalue weighted by Gasteiger charge is 2.35. The third kappa shape index (κ3) is 4.64. The number of hydrogen-bond donors (Lipinski definition) is 1. The van der Waals surface area contributed by atoms with Gasteiger partial charge in [-0.25, -0.2) is 9.79 Å². The normalized spacial score (nSPS) is 15.0. The van der Waals surface area contributed by atoms with E-state index in [9.17, 15) is 9.59 Å². The average molecular weight is 566 g/mol. The SMILES string of the molecule is CCOC(=O)C1=C(c2ccccc2)N=c2s/c(=C\c3c[nH]c4ccccc34)c(=O)n2[C@@H]1c1ccc(OC)c(OC)c1. The molecule has 0 unspecified atom stereocenters. The lowest BCUT2D eigenvalue weighted by atomic mass is 9.93. The van der Waals surface area contributed by atoms with Crippen molar-refractivity contribution in [2.45, 2.75) is 13.0 Å². The fourth-order valence-electron chi connectivity index (χ4n) is 5.13. The summed E-state index contributed by atoms with van der Waals surface area (Å²) < 4.78 is 18.6.